The van der Waals surface area contributed by atoms with Crippen molar-refractivity contribution in [1.29, 1.82) is 0 Å². The Labute approximate surface area is 127 Å². The zero-order valence-electron chi connectivity index (χ0n) is 11.5. The quantitative estimate of drug-likeness (QED) is 0.782. The third-order valence-electron chi connectivity index (χ3n) is 3.71. The summed E-state index contributed by atoms with van der Waals surface area (Å²) in [5.41, 5.74) is 3.38. The van der Waals surface area contributed by atoms with Crippen molar-refractivity contribution in [3.63, 3.8) is 0 Å². The second-order valence-electron chi connectivity index (χ2n) is 5.12. The first-order valence-electron chi connectivity index (χ1n) is 7.15. The number of fused-ring (bicyclic) bond motifs is 1. The van der Waals surface area contributed by atoms with E-state index in [1.54, 1.807) is 11.5 Å². The molecule has 1 aromatic heterocycles. The summed E-state index contributed by atoms with van der Waals surface area (Å²) in [6, 6.07) is 16.9. The lowest BCUT2D eigenvalue weighted by molar-refractivity contribution is 0.742. The van der Waals surface area contributed by atoms with Gasteiger partial charge in [-0.2, -0.15) is 4.37 Å². The SMILES string of the molecule is c1ccc2c(-c3ccc(C4=NCCCN4)cc3)nsc2c1. The Morgan fingerprint density at radius 3 is 2.57 bits per heavy atom. The van der Waals surface area contributed by atoms with Gasteiger partial charge in [-0.15, -0.1) is 0 Å². The van der Waals surface area contributed by atoms with E-state index in [1.807, 2.05) is 0 Å². The fraction of sp³-hybridized carbons (Fsp3) is 0.176. The first-order valence-corrected chi connectivity index (χ1v) is 7.93. The van der Waals surface area contributed by atoms with Crippen LogP contribution in [0.2, 0.25) is 0 Å². The molecule has 0 amide bonds. The van der Waals surface area contributed by atoms with Gasteiger partial charge in [-0.3, -0.25) is 4.99 Å². The minimum absolute atomic E-state index is 0.917. The van der Waals surface area contributed by atoms with Crippen LogP contribution in [-0.2, 0) is 0 Å². The fourth-order valence-corrected chi connectivity index (χ4v) is 3.40. The van der Waals surface area contributed by atoms with Crippen molar-refractivity contribution >= 4 is 27.5 Å². The summed E-state index contributed by atoms with van der Waals surface area (Å²) in [5, 5.41) is 4.58. The number of rotatable bonds is 2. The lowest BCUT2D eigenvalue weighted by Gasteiger charge is -2.14. The molecule has 4 heteroatoms. The summed E-state index contributed by atoms with van der Waals surface area (Å²) in [6.07, 6.45) is 1.12. The third-order valence-corrected chi connectivity index (χ3v) is 4.53. The first-order chi connectivity index (χ1) is 10.4. The van der Waals surface area contributed by atoms with E-state index in [-0.39, 0.29) is 0 Å². The molecule has 2 aromatic carbocycles. The topological polar surface area (TPSA) is 37.3 Å². The lowest BCUT2D eigenvalue weighted by atomic mass is 10.1. The maximum Gasteiger partial charge on any atom is 0.128 e. The van der Waals surface area contributed by atoms with E-state index in [1.165, 1.54) is 10.1 Å². The molecule has 3 aromatic rings. The molecule has 0 atom stereocenters. The van der Waals surface area contributed by atoms with Gasteiger partial charge >= 0.3 is 0 Å². The maximum absolute atomic E-state index is 4.60. The van der Waals surface area contributed by atoms with Crippen LogP contribution in [-0.4, -0.2) is 23.3 Å². The second kappa shape index (κ2) is 5.30. The van der Waals surface area contributed by atoms with E-state index in [0.717, 1.165) is 42.2 Å². The molecule has 0 aliphatic carbocycles. The average Bonchev–Trinajstić information content (AvgIpc) is 3.00. The molecule has 1 aliphatic rings. The Hall–Kier alpha value is -2.20. The molecule has 0 spiro atoms. The van der Waals surface area contributed by atoms with Crippen LogP contribution in [0.25, 0.3) is 21.3 Å². The van der Waals surface area contributed by atoms with E-state index in [2.05, 4.69) is 63.2 Å². The molecule has 21 heavy (non-hydrogen) atoms. The highest BCUT2D eigenvalue weighted by Crippen LogP contribution is 2.30. The van der Waals surface area contributed by atoms with Gasteiger partial charge in [0.2, 0.25) is 0 Å². The van der Waals surface area contributed by atoms with E-state index in [9.17, 15) is 0 Å². The summed E-state index contributed by atoms with van der Waals surface area (Å²) < 4.78 is 5.83. The number of amidine groups is 1. The highest BCUT2D eigenvalue weighted by Gasteiger charge is 2.10. The van der Waals surface area contributed by atoms with Crippen molar-refractivity contribution < 1.29 is 0 Å². The zero-order valence-corrected chi connectivity index (χ0v) is 12.4. The lowest BCUT2D eigenvalue weighted by Crippen LogP contribution is -2.30. The highest BCUT2D eigenvalue weighted by atomic mass is 32.1. The van der Waals surface area contributed by atoms with E-state index >= 15 is 0 Å². The number of nitrogens with one attached hydrogen (secondary N) is 1. The Morgan fingerprint density at radius 2 is 1.76 bits per heavy atom. The van der Waals surface area contributed by atoms with Crippen LogP contribution < -0.4 is 5.32 Å². The number of benzene rings is 2. The van der Waals surface area contributed by atoms with Gasteiger partial charge in [-0.25, -0.2) is 0 Å². The zero-order chi connectivity index (χ0) is 14.1. The van der Waals surface area contributed by atoms with Crippen LogP contribution in [0.15, 0.2) is 53.5 Å². The molecule has 1 aliphatic heterocycles. The van der Waals surface area contributed by atoms with Gasteiger partial charge in [0.15, 0.2) is 0 Å². The van der Waals surface area contributed by atoms with Gasteiger partial charge in [0.25, 0.3) is 0 Å². The largest absolute Gasteiger partial charge is 0.370 e. The second-order valence-corrected chi connectivity index (χ2v) is 5.92. The summed E-state index contributed by atoms with van der Waals surface area (Å²) in [4.78, 5) is 4.53. The van der Waals surface area contributed by atoms with Crippen molar-refractivity contribution in [2.45, 2.75) is 6.42 Å². The van der Waals surface area contributed by atoms with Crippen LogP contribution in [0.1, 0.15) is 12.0 Å². The molecule has 0 radical (unpaired) electrons. The molecule has 2 heterocycles. The van der Waals surface area contributed by atoms with E-state index in [0.29, 0.717) is 0 Å². The summed E-state index contributed by atoms with van der Waals surface area (Å²) >= 11 is 1.55. The third kappa shape index (κ3) is 2.32. The van der Waals surface area contributed by atoms with Crippen molar-refractivity contribution in [2.75, 3.05) is 13.1 Å². The standard InChI is InChI=1S/C17H15N3S/c1-2-5-15-14(4-1)16(20-21-15)12-6-8-13(9-7-12)17-18-10-3-11-19-17/h1-2,4-9H,3,10-11H2,(H,18,19). The van der Waals surface area contributed by atoms with Gasteiger partial charge in [-0.05, 0) is 24.0 Å². The Bertz CT molecular complexity index is 802. The Balaban J connectivity index is 1.72. The number of hydrogen-bond acceptors (Lipinski definition) is 4. The van der Waals surface area contributed by atoms with E-state index < -0.39 is 0 Å². The molecule has 104 valence electrons. The summed E-state index contributed by atoms with van der Waals surface area (Å²) in [7, 11) is 0. The molecule has 0 fully saturated rings. The molecule has 0 saturated carbocycles. The van der Waals surface area contributed by atoms with Crippen LogP contribution in [0, 0.1) is 0 Å². The summed E-state index contributed by atoms with van der Waals surface area (Å²) in [5.74, 6) is 1.01. The van der Waals surface area contributed by atoms with Gasteiger partial charge in [0.1, 0.15) is 5.84 Å². The van der Waals surface area contributed by atoms with Crippen molar-refractivity contribution in [3.05, 3.63) is 54.1 Å². The summed E-state index contributed by atoms with van der Waals surface area (Å²) in [6.45, 7) is 1.93. The molecular formula is C17H15N3S. The number of nitrogens with zero attached hydrogens (tertiary/aromatic N) is 2. The van der Waals surface area contributed by atoms with Crippen LogP contribution in [0.4, 0.5) is 0 Å². The van der Waals surface area contributed by atoms with Gasteiger partial charge in [0, 0.05) is 29.6 Å². The molecule has 3 nitrogen and oxygen atoms in total. The molecule has 4 rings (SSSR count). The maximum atomic E-state index is 4.60. The normalized spacial score (nSPS) is 14.8. The average molecular weight is 293 g/mol. The van der Waals surface area contributed by atoms with Gasteiger partial charge in [0.05, 0.1) is 10.4 Å². The van der Waals surface area contributed by atoms with Crippen molar-refractivity contribution in [2.24, 2.45) is 4.99 Å². The van der Waals surface area contributed by atoms with Crippen molar-refractivity contribution in [3.8, 4) is 11.3 Å². The number of aromatic nitrogens is 1. The Kier molecular flexibility index (Phi) is 3.16. The first kappa shape index (κ1) is 12.5. The monoisotopic (exact) mass is 293 g/mol. The number of hydrogen-bond donors (Lipinski definition) is 1. The van der Waals surface area contributed by atoms with Crippen LogP contribution >= 0.6 is 11.5 Å². The Morgan fingerprint density at radius 1 is 0.952 bits per heavy atom. The molecule has 0 unspecified atom stereocenters. The van der Waals surface area contributed by atoms with Crippen LogP contribution in [0.3, 0.4) is 0 Å². The molecular weight excluding hydrogens is 278 g/mol. The fourth-order valence-electron chi connectivity index (χ4n) is 2.61. The van der Waals surface area contributed by atoms with Crippen molar-refractivity contribution in [1.82, 2.24) is 9.69 Å². The minimum atomic E-state index is 0.917. The van der Waals surface area contributed by atoms with E-state index in [4.69, 9.17) is 0 Å². The van der Waals surface area contributed by atoms with Gasteiger partial charge < -0.3 is 5.32 Å². The smallest absolute Gasteiger partial charge is 0.128 e. The predicted octanol–water partition coefficient (Wildman–Crippen LogP) is 3.70. The van der Waals surface area contributed by atoms with Crippen LogP contribution in [0.5, 0.6) is 0 Å². The molecule has 1 N–H and O–H groups in total. The minimum Gasteiger partial charge on any atom is -0.370 e. The highest BCUT2D eigenvalue weighted by molar-refractivity contribution is 7.13. The van der Waals surface area contributed by atoms with Gasteiger partial charge in [-0.1, -0.05) is 42.5 Å². The molecule has 0 bridgehead atoms. The predicted molar refractivity (Wildman–Crippen MR) is 89.1 cm³/mol. The molecule has 0 saturated heterocycles. The number of aliphatic imine (C=N–C) groups is 1.